The first-order valence-electron chi connectivity index (χ1n) is 10.0. The van der Waals surface area contributed by atoms with Gasteiger partial charge in [-0.05, 0) is 48.9 Å². The summed E-state index contributed by atoms with van der Waals surface area (Å²) in [6.45, 7) is 0.406. The van der Waals surface area contributed by atoms with E-state index in [9.17, 15) is 9.59 Å². The molecule has 1 atom stereocenters. The molecule has 4 rings (SSSR count). The van der Waals surface area contributed by atoms with Crippen LogP contribution >= 0.6 is 0 Å². The molecule has 2 amide bonds. The van der Waals surface area contributed by atoms with Gasteiger partial charge in [-0.25, -0.2) is 0 Å². The number of aryl methyl sites for hydroxylation is 1. The van der Waals surface area contributed by atoms with Crippen molar-refractivity contribution in [3.8, 4) is 0 Å². The molecule has 0 aliphatic heterocycles. The molecule has 0 saturated carbocycles. The van der Waals surface area contributed by atoms with E-state index in [1.807, 2.05) is 36.4 Å². The molecule has 158 valence electrons. The van der Waals surface area contributed by atoms with Gasteiger partial charge in [0.05, 0.1) is 11.4 Å². The Kier molecular flexibility index (Phi) is 5.81. The maximum atomic E-state index is 13.0. The second kappa shape index (κ2) is 8.85. The molecule has 0 fully saturated rings. The summed E-state index contributed by atoms with van der Waals surface area (Å²) >= 11 is 0. The van der Waals surface area contributed by atoms with Gasteiger partial charge in [0.1, 0.15) is 5.69 Å². The van der Waals surface area contributed by atoms with Gasteiger partial charge in [0.2, 0.25) is 5.91 Å². The Morgan fingerprint density at radius 1 is 1.10 bits per heavy atom. The van der Waals surface area contributed by atoms with Gasteiger partial charge in [-0.2, -0.15) is 5.10 Å². The van der Waals surface area contributed by atoms with Crippen LogP contribution in [0, 0.1) is 0 Å². The quantitative estimate of drug-likeness (QED) is 0.370. The van der Waals surface area contributed by atoms with Crippen molar-refractivity contribution in [1.29, 1.82) is 0 Å². The zero-order chi connectivity index (χ0) is 21.8. The number of aromatic nitrogens is 3. The molecule has 8 nitrogen and oxygen atoms in total. The number of amides is 2. The van der Waals surface area contributed by atoms with Gasteiger partial charge in [-0.3, -0.25) is 14.7 Å². The predicted octanol–water partition coefficient (Wildman–Crippen LogP) is 3.22. The van der Waals surface area contributed by atoms with Gasteiger partial charge >= 0.3 is 0 Å². The van der Waals surface area contributed by atoms with Crippen molar-refractivity contribution >= 4 is 34.2 Å². The minimum Gasteiger partial charge on any atom is -0.347 e. The largest absolute Gasteiger partial charge is 0.347 e. The highest BCUT2D eigenvalue weighted by atomic mass is 16.2. The van der Waals surface area contributed by atoms with Crippen molar-refractivity contribution in [2.75, 3.05) is 17.2 Å². The van der Waals surface area contributed by atoms with Gasteiger partial charge in [-0.15, -0.1) is 0 Å². The normalized spacial score (nSPS) is 11.9. The number of fused-ring (bicyclic) bond motifs is 1. The van der Waals surface area contributed by atoms with Crippen LogP contribution in [0.5, 0.6) is 0 Å². The molecule has 0 aliphatic carbocycles. The van der Waals surface area contributed by atoms with Gasteiger partial charge in [-0.1, -0.05) is 30.3 Å². The van der Waals surface area contributed by atoms with Gasteiger partial charge in [0.15, 0.2) is 5.82 Å². The van der Waals surface area contributed by atoms with Crippen LogP contribution in [0.1, 0.15) is 28.4 Å². The lowest BCUT2D eigenvalue weighted by molar-refractivity contribution is -0.117. The standard InChI is InChI=1S/C23H24N6O2/c1-29-13-5-8-20(29)23(31)26-21-18-14-16(9-10-19(18)27-28-21)25-22(30)17(11-12-24)15-6-3-2-4-7-15/h2-10,13-14,17H,11-12,24H2,1H3,(H,25,30)(H2,26,27,28,31). The molecule has 0 aliphatic rings. The Morgan fingerprint density at radius 2 is 1.90 bits per heavy atom. The second-order valence-corrected chi connectivity index (χ2v) is 7.32. The molecule has 0 saturated heterocycles. The Morgan fingerprint density at radius 3 is 2.61 bits per heavy atom. The second-order valence-electron chi connectivity index (χ2n) is 7.32. The summed E-state index contributed by atoms with van der Waals surface area (Å²) in [5.74, 6) is -0.335. The third-order valence-corrected chi connectivity index (χ3v) is 5.21. The fraction of sp³-hybridized carbons (Fsp3) is 0.174. The van der Waals surface area contributed by atoms with E-state index in [4.69, 9.17) is 5.73 Å². The van der Waals surface area contributed by atoms with Crippen molar-refractivity contribution in [2.24, 2.45) is 12.8 Å². The van der Waals surface area contributed by atoms with Crippen molar-refractivity contribution in [3.63, 3.8) is 0 Å². The maximum absolute atomic E-state index is 13.0. The summed E-state index contributed by atoms with van der Waals surface area (Å²) < 4.78 is 1.73. The van der Waals surface area contributed by atoms with Gasteiger partial charge in [0.25, 0.3) is 5.91 Å². The first kappa shape index (κ1) is 20.4. The maximum Gasteiger partial charge on any atom is 0.273 e. The number of nitrogens with two attached hydrogens (primary N) is 1. The van der Waals surface area contributed by atoms with Crippen LogP contribution in [0.4, 0.5) is 11.5 Å². The lowest BCUT2D eigenvalue weighted by Crippen LogP contribution is -2.23. The Balaban J connectivity index is 1.56. The number of rotatable bonds is 7. The Labute approximate surface area is 179 Å². The Hall–Kier alpha value is -3.91. The third-order valence-electron chi connectivity index (χ3n) is 5.21. The Bertz CT molecular complexity index is 1210. The number of carbonyl (C=O) groups is 2. The molecule has 31 heavy (non-hydrogen) atoms. The summed E-state index contributed by atoms with van der Waals surface area (Å²) in [7, 11) is 1.80. The van der Waals surface area contributed by atoms with E-state index in [-0.39, 0.29) is 17.7 Å². The lowest BCUT2D eigenvalue weighted by Gasteiger charge is -2.16. The molecular weight excluding hydrogens is 392 g/mol. The first-order chi connectivity index (χ1) is 15.1. The molecule has 0 spiro atoms. The van der Waals surface area contributed by atoms with Gasteiger partial charge < -0.3 is 20.9 Å². The van der Waals surface area contributed by atoms with Crippen LogP contribution in [0.3, 0.4) is 0 Å². The number of aromatic amines is 1. The van der Waals surface area contributed by atoms with E-state index in [0.29, 0.717) is 35.6 Å². The minimum atomic E-state index is -0.345. The fourth-order valence-electron chi connectivity index (χ4n) is 3.59. The van der Waals surface area contributed by atoms with E-state index in [2.05, 4.69) is 20.8 Å². The lowest BCUT2D eigenvalue weighted by atomic mass is 9.94. The van der Waals surface area contributed by atoms with Crippen LogP contribution in [-0.4, -0.2) is 33.1 Å². The van der Waals surface area contributed by atoms with E-state index in [1.165, 1.54) is 0 Å². The molecule has 0 radical (unpaired) electrons. The monoisotopic (exact) mass is 416 g/mol. The molecule has 8 heteroatoms. The molecule has 5 N–H and O–H groups in total. The molecule has 0 bridgehead atoms. The zero-order valence-electron chi connectivity index (χ0n) is 17.1. The number of hydrogen-bond donors (Lipinski definition) is 4. The average Bonchev–Trinajstić information content (AvgIpc) is 3.38. The average molecular weight is 416 g/mol. The van der Waals surface area contributed by atoms with Gasteiger partial charge in [0, 0.05) is 24.3 Å². The molecule has 1 unspecified atom stereocenters. The highest BCUT2D eigenvalue weighted by Gasteiger charge is 2.20. The summed E-state index contributed by atoms with van der Waals surface area (Å²) in [4.78, 5) is 25.5. The van der Waals surface area contributed by atoms with Crippen LogP contribution in [0.2, 0.25) is 0 Å². The van der Waals surface area contributed by atoms with Crippen LogP contribution in [-0.2, 0) is 11.8 Å². The zero-order valence-corrected chi connectivity index (χ0v) is 17.1. The molecule has 2 heterocycles. The molecule has 4 aromatic rings. The topological polar surface area (TPSA) is 118 Å². The molecule has 2 aromatic heterocycles. The summed E-state index contributed by atoms with van der Waals surface area (Å²) in [6, 6.07) is 18.5. The first-order valence-corrected chi connectivity index (χ1v) is 10.0. The summed E-state index contributed by atoms with van der Waals surface area (Å²) in [5.41, 5.74) is 8.55. The van der Waals surface area contributed by atoms with Crippen LogP contribution in [0.25, 0.3) is 10.9 Å². The van der Waals surface area contributed by atoms with Crippen LogP contribution in [0.15, 0.2) is 66.9 Å². The summed E-state index contributed by atoms with van der Waals surface area (Å²) in [5, 5.41) is 13.6. The number of anilines is 2. The highest BCUT2D eigenvalue weighted by molar-refractivity contribution is 6.08. The SMILES string of the molecule is Cn1cccc1C(=O)Nc1n[nH]c2ccc(NC(=O)C(CCN)c3ccccc3)cc12. The fourth-order valence-corrected chi connectivity index (χ4v) is 3.59. The number of nitrogens with one attached hydrogen (secondary N) is 3. The minimum absolute atomic E-state index is 0.131. The van der Waals surface area contributed by atoms with E-state index in [0.717, 1.165) is 11.1 Å². The highest BCUT2D eigenvalue weighted by Crippen LogP contribution is 2.26. The van der Waals surface area contributed by atoms with Crippen molar-refractivity contribution in [3.05, 3.63) is 78.1 Å². The van der Waals surface area contributed by atoms with Crippen LogP contribution < -0.4 is 16.4 Å². The number of benzene rings is 2. The van der Waals surface area contributed by atoms with Crippen molar-refractivity contribution in [2.45, 2.75) is 12.3 Å². The molecule has 2 aromatic carbocycles. The number of hydrogen-bond acceptors (Lipinski definition) is 4. The number of nitrogens with zero attached hydrogens (tertiary/aromatic N) is 2. The smallest absolute Gasteiger partial charge is 0.273 e. The summed E-state index contributed by atoms with van der Waals surface area (Å²) in [6.07, 6.45) is 2.34. The molecular formula is C23H24N6O2. The third kappa shape index (κ3) is 4.34. The van der Waals surface area contributed by atoms with Crippen molar-refractivity contribution in [1.82, 2.24) is 14.8 Å². The van der Waals surface area contributed by atoms with E-state index >= 15 is 0 Å². The van der Waals surface area contributed by atoms with E-state index < -0.39 is 0 Å². The predicted molar refractivity (Wildman–Crippen MR) is 121 cm³/mol. The van der Waals surface area contributed by atoms with Crippen molar-refractivity contribution < 1.29 is 9.59 Å². The number of H-pyrrole nitrogens is 1. The number of carbonyl (C=O) groups excluding carboxylic acids is 2. The van der Waals surface area contributed by atoms with E-state index in [1.54, 1.807) is 42.1 Å².